The molecule has 1 aliphatic carbocycles. The van der Waals surface area contributed by atoms with E-state index in [1.54, 1.807) is 6.20 Å². The first-order valence-electron chi connectivity index (χ1n) is 11.5. The van der Waals surface area contributed by atoms with Crippen LogP contribution in [-0.2, 0) is 4.79 Å². The minimum absolute atomic E-state index is 0.0409. The Labute approximate surface area is 193 Å². The molecule has 1 amide bonds. The summed E-state index contributed by atoms with van der Waals surface area (Å²) in [5.74, 6) is 1.67. The second kappa shape index (κ2) is 9.45. The molecule has 1 N–H and O–H groups in total. The monoisotopic (exact) mass is 441 g/mol. The zero-order valence-corrected chi connectivity index (χ0v) is 18.7. The Kier molecular flexibility index (Phi) is 6.07. The molecule has 2 aromatic heterocycles. The maximum Gasteiger partial charge on any atom is 0.262 e. The zero-order chi connectivity index (χ0) is 22.6. The van der Waals surface area contributed by atoms with Gasteiger partial charge in [0, 0.05) is 17.4 Å². The van der Waals surface area contributed by atoms with Gasteiger partial charge in [0.1, 0.15) is 5.75 Å². The molecule has 6 heteroatoms. The van der Waals surface area contributed by atoms with Gasteiger partial charge in [-0.25, -0.2) is 4.98 Å². The second-order valence-corrected chi connectivity index (χ2v) is 8.61. The molecule has 0 radical (unpaired) electrons. The summed E-state index contributed by atoms with van der Waals surface area (Å²) in [7, 11) is 0. The van der Waals surface area contributed by atoms with Crippen molar-refractivity contribution >= 4 is 22.8 Å². The number of carbonyl (C=O) groups excluding carboxylic acids is 1. The lowest BCUT2D eigenvalue weighted by Crippen LogP contribution is -2.20. The highest BCUT2D eigenvalue weighted by Gasteiger charge is 2.16. The van der Waals surface area contributed by atoms with E-state index in [9.17, 15) is 4.79 Å². The van der Waals surface area contributed by atoms with Crippen LogP contribution in [0.5, 0.6) is 5.75 Å². The molecule has 5 rings (SSSR count). The quantitative estimate of drug-likeness (QED) is 0.382. The van der Waals surface area contributed by atoms with Crippen LogP contribution in [0.15, 0.2) is 65.2 Å². The van der Waals surface area contributed by atoms with Crippen molar-refractivity contribution in [2.45, 2.75) is 44.9 Å². The molecule has 1 aliphatic rings. The van der Waals surface area contributed by atoms with Crippen LogP contribution in [0.2, 0.25) is 0 Å². The summed E-state index contributed by atoms with van der Waals surface area (Å²) >= 11 is 0. The summed E-state index contributed by atoms with van der Waals surface area (Å²) < 4.78 is 11.5. The number of rotatable bonds is 6. The summed E-state index contributed by atoms with van der Waals surface area (Å²) in [5, 5.41) is 2.92. The van der Waals surface area contributed by atoms with E-state index in [-0.39, 0.29) is 12.5 Å². The Morgan fingerprint density at radius 2 is 1.91 bits per heavy atom. The highest BCUT2D eigenvalue weighted by Crippen LogP contribution is 2.33. The highest BCUT2D eigenvalue weighted by molar-refractivity contribution is 5.93. The molecule has 1 saturated carbocycles. The van der Waals surface area contributed by atoms with Gasteiger partial charge in [-0.3, -0.25) is 4.79 Å². The number of pyridine rings is 1. The van der Waals surface area contributed by atoms with Gasteiger partial charge in [-0.2, -0.15) is 4.98 Å². The number of aryl methyl sites for hydroxylation is 1. The lowest BCUT2D eigenvalue weighted by atomic mass is 9.84. The van der Waals surface area contributed by atoms with Crippen molar-refractivity contribution in [3.05, 3.63) is 71.9 Å². The first-order valence-corrected chi connectivity index (χ1v) is 11.5. The largest absolute Gasteiger partial charge is 0.484 e. The molecule has 6 nitrogen and oxygen atoms in total. The molecular weight excluding hydrogens is 414 g/mol. The smallest absolute Gasteiger partial charge is 0.262 e. The summed E-state index contributed by atoms with van der Waals surface area (Å²) in [4.78, 5) is 21.1. The molecule has 168 valence electrons. The molecule has 33 heavy (non-hydrogen) atoms. The number of nitrogens with zero attached hydrogens (tertiary/aromatic N) is 2. The number of hydrogen-bond donors (Lipinski definition) is 1. The van der Waals surface area contributed by atoms with Gasteiger partial charge in [0.15, 0.2) is 17.8 Å². The summed E-state index contributed by atoms with van der Waals surface area (Å²) in [6.07, 6.45) is 8.20. The van der Waals surface area contributed by atoms with Crippen LogP contribution in [0.1, 0.15) is 49.1 Å². The van der Waals surface area contributed by atoms with Gasteiger partial charge in [-0.15, -0.1) is 0 Å². The first kappa shape index (κ1) is 21.2. The van der Waals surface area contributed by atoms with E-state index in [4.69, 9.17) is 9.15 Å². The lowest BCUT2D eigenvalue weighted by Gasteiger charge is -2.22. The third-order valence-electron chi connectivity index (χ3n) is 6.24. The number of anilines is 1. The Morgan fingerprint density at radius 3 is 2.67 bits per heavy atom. The Morgan fingerprint density at radius 1 is 1.09 bits per heavy atom. The third-order valence-corrected chi connectivity index (χ3v) is 6.24. The normalized spacial score (nSPS) is 14.3. The van der Waals surface area contributed by atoms with Gasteiger partial charge in [0.05, 0.1) is 0 Å². The van der Waals surface area contributed by atoms with Crippen molar-refractivity contribution in [2.75, 3.05) is 11.9 Å². The minimum atomic E-state index is -0.201. The van der Waals surface area contributed by atoms with Gasteiger partial charge in [0.25, 0.3) is 5.91 Å². The van der Waals surface area contributed by atoms with E-state index in [1.165, 1.54) is 37.7 Å². The van der Waals surface area contributed by atoms with Crippen molar-refractivity contribution in [3.63, 3.8) is 0 Å². The molecule has 0 unspecified atom stereocenters. The van der Waals surface area contributed by atoms with Gasteiger partial charge < -0.3 is 14.5 Å². The van der Waals surface area contributed by atoms with Gasteiger partial charge in [-0.05, 0) is 79.3 Å². The van der Waals surface area contributed by atoms with Gasteiger partial charge in [-0.1, -0.05) is 31.4 Å². The fraction of sp³-hybridized carbons (Fsp3) is 0.296. The predicted molar refractivity (Wildman–Crippen MR) is 128 cm³/mol. The van der Waals surface area contributed by atoms with Crippen LogP contribution in [0.3, 0.4) is 0 Å². The van der Waals surface area contributed by atoms with Crippen LogP contribution in [-0.4, -0.2) is 22.5 Å². The van der Waals surface area contributed by atoms with Crippen molar-refractivity contribution in [3.8, 4) is 17.2 Å². The van der Waals surface area contributed by atoms with Crippen LogP contribution in [0, 0.1) is 6.92 Å². The zero-order valence-electron chi connectivity index (χ0n) is 18.7. The van der Waals surface area contributed by atoms with Crippen LogP contribution in [0.25, 0.3) is 22.7 Å². The summed E-state index contributed by atoms with van der Waals surface area (Å²) in [5.41, 5.74) is 5.06. The van der Waals surface area contributed by atoms with Crippen molar-refractivity contribution < 1.29 is 13.9 Å². The fourth-order valence-corrected chi connectivity index (χ4v) is 4.44. The van der Waals surface area contributed by atoms with E-state index < -0.39 is 0 Å². The maximum absolute atomic E-state index is 12.4. The van der Waals surface area contributed by atoms with Crippen molar-refractivity contribution in [2.24, 2.45) is 0 Å². The molecule has 0 aliphatic heterocycles. The molecule has 2 heterocycles. The van der Waals surface area contributed by atoms with E-state index in [1.807, 2.05) is 49.4 Å². The minimum Gasteiger partial charge on any atom is -0.484 e. The number of nitrogens with one attached hydrogen (secondary N) is 1. The number of amides is 1. The number of carbonyl (C=O) groups is 1. The Hall–Kier alpha value is -3.67. The van der Waals surface area contributed by atoms with Crippen LogP contribution in [0.4, 0.5) is 5.69 Å². The Balaban J connectivity index is 1.18. The van der Waals surface area contributed by atoms with Crippen molar-refractivity contribution in [1.29, 1.82) is 0 Å². The van der Waals surface area contributed by atoms with Crippen molar-refractivity contribution in [1.82, 2.24) is 9.97 Å². The molecule has 0 spiro atoms. The van der Waals surface area contributed by atoms with E-state index >= 15 is 0 Å². The fourth-order valence-electron chi connectivity index (χ4n) is 4.44. The molecule has 4 aromatic rings. The summed E-state index contributed by atoms with van der Waals surface area (Å²) in [6, 6.07) is 17.5. The number of oxazole rings is 1. The maximum atomic E-state index is 12.4. The highest BCUT2D eigenvalue weighted by atomic mass is 16.5. The standard InChI is InChI=1S/C27H27N3O3/c1-18-16-21(27-30-26-24(33-27)8-5-15-28-26)11-14-23(18)29-25(31)17-32-22-12-9-20(10-13-22)19-6-3-2-4-7-19/h5,8-16,19H,2-4,6-7,17H2,1H3,(H,29,31). The first-order chi connectivity index (χ1) is 16.2. The van der Waals surface area contributed by atoms with Gasteiger partial charge >= 0.3 is 0 Å². The summed E-state index contributed by atoms with van der Waals surface area (Å²) in [6.45, 7) is 1.89. The average molecular weight is 442 g/mol. The van der Waals surface area contributed by atoms with E-state index in [0.717, 1.165) is 16.8 Å². The third kappa shape index (κ3) is 4.90. The SMILES string of the molecule is Cc1cc(-c2nc3ncccc3o2)ccc1NC(=O)COc1ccc(C2CCCCC2)cc1. The second-order valence-electron chi connectivity index (χ2n) is 8.61. The lowest BCUT2D eigenvalue weighted by molar-refractivity contribution is -0.118. The molecule has 1 fully saturated rings. The number of ether oxygens (including phenoxy) is 1. The molecule has 0 bridgehead atoms. The van der Waals surface area contributed by atoms with E-state index in [0.29, 0.717) is 28.8 Å². The molecule has 0 atom stereocenters. The van der Waals surface area contributed by atoms with Gasteiger partial charge in [0.2, 0.25) is 5.89 Å². The number of fused-ring (bicyclic) bond motifs is 1. The van der Waals surface area contributed by atoms with Crippen LogP contribution < -0.4 is 10.1 Å². The number of benzene rings is 2. The topological polar surface area (TPSA) is 77.3 Å². The average Bonchev–Trinajstić information content (AvgIpc) is 3.29. The number of aromatic nitrogens is 2. The van der Waals surface area contributed by atoms with E-state index in [2.05, 4.69) is 27.4 Å². The molecular formula is C27H27N3O3. The molecule has 0 saturated heterocycles. The predicted octanol–water partition coefficient (Wildman–Crippen LogP) is 6.26. The molecule has 2 aromatic carbocycles. The Bertz CT molecular complexity index is 1220. The van der Waals surface area contributed by atoms with Crippen LogP contribution >= 0.6 is 0 Å². The number of hydrogen-bond acceptors (Lipinski definition) is 5.